The van der Waals surface area contributed by atoms with Crippen LogP contribution in [0.4, 0.5) is 0 Å². The molecule has 0 amide bonds. The molecule has 0 unspecified atom stereocenters. The third-order valence-corrected chi connectivity index (χ3v) is 2.90. The highest BCUT2D eigenvalue weighted by atomic mass is 16.5. The minimum Gasteiger partial charge on any atom is -0.503 e. The lowest BCUT2D eigenvalue weighted by molar-refractivity contribution is 0.0938. The maximum Gasteiger partial charge on any atom is 0.228 e. The van der Waals surface area contributed by atoms with Crippen LogP contribution in [0.2, 0.25) is 0 Å². The van der Waals surface area contributed by atoms with Crippen molar-refractivity contribution in [2.45, 2.75) is 13.8 Å². The normalized spacial score (nSPS) is 10.6. The molecule has 0 radical (unpaired) electrons. The van der Waals surface area contributed by atoms with Crippen LogP contribution in [0, 0.1) is 6.92 Å². The van der Waals surface area contributed by atoms with Gasteiger partial charge in [-0.3, -0.25) is 14.2 Å². The highest BCUT2D eigenvalue weighted by Crippen LogP contribution is 2.38. The van der Waals surface area contributed by atoms with Crippen molar-refractivity contribution >= 4 is 23.1 Å². The molecule has 2 aromatic rings. The van der Waals surface area contributed by atoms with E-state index in [-0.39, 0.29) is 17.4 Å². The topological polar surface area (TPSA) is 68.5 Å². The number of aryl methyl sites for hydroxylation is 1. The average Bonchev–Trinajstić information content (AvgIpc) is 2.67. The summed E-state index contributed by atoms with van der Waals surface area (Å²) in [5.41, 5.74) is 1.34. The monoisotopic (exact) mass is 247 g/mol. The quantitative estimate of drug-likeness (QED) is 0.825. The fraction of sp³-hybridized carbons (Fsp3) is 0.231. The molecule has 0 bridgehead atoms. The number of methoxy groups -OCH3 is 1. The van der Waals surface area contributed by atoms with E-state index in [1.807, 2.05) is 0 Å². The van der Waals surface area contributed by atoms with Gasteiger partial charge in [0, 0.05) is 23.6 Å². The molecule has 0 aliphatic heterocycles. The highest BCUT2D eigenvalue weighted by Gasteiger charge is 2.19. The second-order valence-corrected chi connectivity index (χ2v) is 4.04. The SMILES string of the molecule is COc1cc(C=O)c2cc(C)n(C(C)=O)c2c1O. The molecule has 5 nitrogen and oxygen atoms in total. The molecule has 5 heteroatoms. The van der Waals surface area contributed by atoms with Gasteiger partial charge < -0.3 is 9.84 Å². The van der Waals surface area contributed by atoms with E-state index >= 15 is 0 Å². The van der Waals surface area contributed by atoms with E-state index in [0.717, 1.165) is 0 Å². The Morgan fingerprint density at radius 2 is 2.11 bits per heavy atom. The minimum absolute atomic E-state index is 0.138. The average molecular weight is 247 g/mol. The van der Waals surface area contributed by atoms with Gasteiger partial charge in [0.05, 0.1) is 7.11 Å². The molecule has 1 aromatic carbocycles. The maximum absolute atomic E-state index is 11.6. The van der Waals surface area contributed by atoms with Gasteiger partial charge in [0.25, 0.3) is 0 Å². The molecule has 1 N–H and O–H groups in total. The van der Waals surface area contributed by atoms with Gasteiger partial charge in [-0.15, -0.1) is 0 Å². The van der Waals surface area contributed by atoms with Crippen LogP contribution in [0.15, 0.2) is 12.1 Å². The van der Waals surface area contributed by atoms with Gasteiger partial charge in [0.2, 0.25) is 5.91 Å². The lowest BCUT2D eigenvalue weighted by atomic mass is 10.1. The van der Waals surface area contributed by atoms with Crippen LogP contribution in [0.25, 0.3) is 10.9 Å². The Balaban J connectivity index is 3.01. The number of rotatable bonds is 2. The van der Waals surface area contributed by atoms with Gasteiger partial charge in [-0.2, -0.15) is 0 Å². The lowest BCUT2D eigenvalue weighted by Gasteiger charge is -2.09. The number of nitrogens with zero attached hydrogens (tertiary/aromatic N) is 1. The number of phenols is 1. The zero-order valence-corrected chi connectivity index (χ0v) is 10.4. The Labute approximate surface area is 104 Å². The number of hydrogen-bond donors (Lipinski definition) is 1. The molecule has 0 spiro atoms. The molecule has 2 rings (SSSR count). The largest absolute Gasteiger partial charge is 0.503 e. The summed E-state index contributed by atoms with van der Waals surface area (Å²) in [6.45, 7) is 3.13. The molecule has 0 fully saturated rings. The molecule has 0 aliphatic carbocycles. The van der Waals surface area contributed by atoms with Crippen LogP contribution in [0.3, 0.4) is 0 Å². The van der Waals surface area contributed by atoms with E-state index in [2.05, 4.69) is 0 Å². The van der Waals surface area contributed by atoms with Crippen molar-refractivity contribution in [1.82, 2.24) is 4.57 Å². The van der Waals surface area contributed by atoms with E-state index in [1.54, 1.807) is 13.0 Å². The van der Waals surface area contributed by atoms with Crippen LogP contribution in [0.5, 0.6) is 11.5 Å². The minimum atomic E-state index is -0.233. The highest BCUT2D eigenvalue weighted by molar-refractivity contribution is 6.05. The van der Waals surface area contributed by atoms with E-state index in [1.165, 1.54) is 24.7 Å². The van der Waals surface area contributed by atoms with Crippen molar-refractivity contribution in [3.05, 3.63) is 23.4 Å². The summed E-state index contributed by atoms with van der Waals surface area (Å²) in [7, 11) is 1.39. The molecule has 18 heavy (non-hydrogen) atoms. The van der Waals surface area contributed by atoms with Crippen LogP contribution < -0.4 is 4.74 Å². The number of carbonyl (C=O) groups is 2. The molecule has 1 aromatic heterocycles. The Kier molecular flexibility index (Phi) is 2.82. The number of fused-ring (bicyclic) bond motifs is 1. The molecular formula is C13H13NO4. The summed E-state index contributed by atoms with van der Waals surface area (Å²) >= 11 is 0. The summed E-state index contributed by atoms with van der Waals surface area (Å²) in [5.74, 6) is -0.200. The molecule has 0 atom stereocenters. The summed E-state index contributed by atoms with van der Waals surface area (Å²) < 4.78 is 6.37. The second-order valence-electron chi connectivity index (χ2n) is 4.04. The molecule has 0 saturated heterocycles. The Morgan fingerprint density at radius 1 is 1.44 bits per heavy atom. The van der Waals surface area contributed by atoms with Crippen molar-refractivity contribution in [3.63, 3.8) is 0 Å². The molecule has 0 saturated carbocycles. The first-order valence-corrected chi connectivity index (χ1v) is 5.39. The number of carbonyl (C=O) groups excluding carboxylic acids is 2. The van der Waals surface area contributed by atoms with Crippen molar-refractivity contribution < 1.29 is 19.4 Å². The zero-order chi connectivity index (χ0) is 13.4. The Hall–Kier alpha value is -2.30. The molecule has 1 heterocycles. The van der Waals surface area contributed by atoms with Gasteiger partial charge in [-0.05, 0) is 19.1 Å². The lowest BCUT2D eigenvalue weighted by Crippen LogP contribution is -2.07. The fourth-order valence-corrected chi connectivity index (χ4v) is 2.16. The number of ether oxygens (including phenoxy) is 1. The van der Waals surface area contributed by atoms with E-state index in [4.69, 9.17) is 4.74 Å². The van der Waals surface area contributed by atoms with Gasteiger partial charge in [-0.1, -0.05) is 0 Å². The second kappa shape index (κ2) is 4.18. The van der Waals surface area contributed by atoms with Crippen LogP contribution >= 0.6 is 0 Å². The van der Waals surface area contributed by atoms with Crippen molar-refractivity contribution in [2.75, 3.05) is 7.11 Å². The number of aldehydes is 1. The molecular weight excluding hydrogens is 234 g/mol. The third kappa shape index (κ3) is 1.55. The summed E-state index contributed by atoms with van der Waals surface area (Å²) in [5, 5.41) is 10.6. The van der Waals surface area contributed by atoms with Gasteiger partial charge in [0.15, 0.2) is 17.8 Å². The van der Waals surface area contributed by atoms with Crippen LogP contribution in [0.1, 0.15) is 27.8 Å². The van der Waals surface area contributed by atoms with Gasteiger partial charge in [-0.25, -0.2) is 0 Å². The fourth-order valence-electron chi connectivity index (χ4n) is 2.16. The summed E-state index contributed by atoms with van der Waals surface area (Å²) in [6.07, 6.45) is 0.675. The summed E-state index contributed by atoms with van der Waals surface area (Å²) in [6, 6.07) is 3.15. The summed E-state index contributed by atoms with van der Waals surface area (Å²) in [4.78, 5) is 22.7. The van der Waals surface area contributed by atoms with E-state index in [0.29, 0.717) is 28.4 Å². The van der Waals surface area contributed by atoms with E-state index in [9.17, 15) is 14.7 Å². The number of phenolic OH excluding ortho intramolecular Hbond substituents is 1. The number of aromatic hydroxyl groups is 1. The predicted molar refractivity (Wildman–Crippen MR) is 66.6 cm³/mol. The number of benzene rings is 1. The first-order chi connectivity index (χ1) is 8.51. The maximum atomic E-state index is 11.6. The number of hydrogen-bond acceptors (Lipinski definition) is 4. The van der Waals surface area contributed by atoms with Gasteiger partial charge in [0.1, 0.15) is 5.52 Å². The van der Waals surface area contributed by atoms with Crippen molar-refractivity contribution in [1.29, 1.82) is 0 Å². The Bertz CT molecular complexity index is 655. The van der Waals surface area contributed by atoms with Crippen LogP contribution in [-0.2, 0) is 0 Å². The van der Waals surface area contributed by atoms with Gasteiger partial charge >= 0.3 is 0 Å². The third-order valence-electron chi connectivity index (χ3n) is 2.90. The Morgan fingerprint density at radius 3 is 2.61 bits per heavy atom. The van der Waals surface area contributed by atoms with E-state index < -0.39 is 0 Å². The molecule has 0 aliphatic rings. The predicted octanol–water partition coefficient (Wildman–Crippen LogP) is 2.14. The number of aromatic nitrogens is 1. The molecule has 94 valence electrons. The zero-order valence-electron chi connectivity index (χ0n) is 10.4. The van der Waals surface area contributed by atoms with Crippen molar-refractivity contribution in [2.24, 2.45) is 0 Å². The first-order valence-electron chi connectivity index (χ1n) is 5.39. The van der Waals surface area contributed by atoms with Crippen molar-refractivity contribution in [3.8, 4) is 11.5 Å². The standard InChI is InChI=1S/C13H13NO4/c1-7-4-10-9(6-15)5-11(18-3)13(17)12(10)14(7)8(2)16/h4-6,17H,1-3H3. The van der Waals surface area contributed by atoms with Crippen LogP contribution in [-0.4, -0.2) is 29.0 Å². The smallest absolute Gasteiger partial charge is 0.228 e. The first kappa shape index (κ1) is 12.2.